The molecule has 2 heteroatoms. The zero-order chi connectivity index (χ0) is 43.0. The van der Waals surface area contributed by atoms with Crippen LogP contribution in [0.5, 0.6) is 0 Å². The molecule has 0 aromatic heterocycles. The Hall–Kier alpha value is -7.16. The second kappa shape index (κ2) is 13.4. The molecule has 0 saturated carbocycles. The zero-order valence-corrected chi connectivity index (χ0v) is 37.0. The van der Waals surface area contributed by atoms with Gasteiger partial charge in [0.15, 0.2) is 0 Å². The van der Waals surface area contributed by atoms with Crippen LogP contribution >= 0.6 is 0 Å². The highest BCUT2D eigenvalue weighted by molar-refractivity contribution is 6.15. The van der Waals surface area contributed by atoms with Gasteiger partial charge in [-0.3, -0.25) is 0 Å². The third-order valence-corrected chi connectivity index (χ3v) is 15.8. The van der Waals surface area contributed by atoms with Crippen LogP contribution in [0.4, 0.5) is 22.7 Å². The number of hydrogen-bond donors (Lipinski definition) is 0. The highest BCUT2D eigenvalue weighted by atomic mass is 15.2. The molecule has 0 spiro atoms. The summed E-state index contributed by atoms with van der Waals surface area (Å²) in [5.74, 6) is 0. The number of hydrogen-bond acceptors (Lipinski definition) is 2. The maximum atomic E-state index is 2.70. The second-order valence-corrected chi connectivity index (χ2v) is 19.1. The zero-order valence-electron chi connectivity index (χ0n) is 37.0. The van der Waals surface area contributed by atoms with E-state index in [1.54, 1.807) is 0 Å². The minimum Gasteiger partial charge on any atom is -0.330 e. The molecule has 10 aromatic carbocycles. The lowest BCUT2D eigenvalue weighted by atomic mass is 9.65. The van der Waals surface area contributed by atoms with Gasteiger partial charge in [0.1, 0.15) is 0 Å². The van der Waals surface area contributed by atoms with E-state index < -0.39 is 0 Å². The third kappa shape index (κ3) is 4.92. The van der Waals surface area contributed by atoms with Crippen LogP contribution < -0.4 is 9.80 Å². The third-order valence-electron chi connectivity index (χ3n) is 15.8. The molecule has 2 nitrogen and oxygen atoms in total. The van der Waals surface area contributed by atoms with E-state index in [1.807, 2.05) is 0 Å². The van der Waals surface area contributed by atoms with E-state index in [1.165, 1.54) is 110 Å². The molecule has 64 heavy (non-hydrogen) atoms. The molecular weight excluding hydrogens is 773 g/mol. The van der Waals surface area contributed by atoms with Crippen molar-refractivity contribution in [2.24, 2.45) is 0 Å². The maximum Gasteiger partial charge on any atom is 0.0960 e. The van der Waals surface area contributed by atoms with Crippen molar-refractivity contribution in [3.8, 4) is 11.1 Å². The van der Waals surface area contributed by atoms with Crippen LogP contribution in [0.15, 0.2) is 194 Å². The van der Waals surface area contributed by atoms with Crippen LogP contribution in [0.25, 0.3) is 54.2 Å². The molecule has 3 aliphatic rings. The van der Waals surface area contributed by atoms with E-state index >= 15 is 0 Å². The van der Waals surface area contributed by atoms with Gasteiger partial charge in [0.05, 0.1) is 22.5 Å². The van der Waals surface area contributed by atoms with Gasteiger partial charge in [-0.1, -0.05) is 179 Å². The Morgan fingerprint density at radius 3 is 1.38 bits per heavy atom. The van der Waals surface area contributed by atoms with E-state index in [0.717, 1.165) is 19.3 Å². The summed E-state index contributed by atoms with van der Waals surface area (Å²) in [4.78, 5) is 5.38. The topological polar surface area (TPSA) is 6.48 Å². The average Bonchev–Trinajstić information content (AvgIpc) is 3.92. The number of para-hydroxylation sites is 2. The van der Waals surface area contributed by atoms with Crippen molar-refractivity contribution in [1.29, 1.82) is 0 Å². The van der Waals surface area contributed by atoms with Gasteiger partial charge in [-0.25, -0.2) is 0 Å². The van der Waals surface area contributed by atoms with E-state index in [-0.39, 0.29) is 16.5 Å². The normalized spacial score (nSPS) is 18.6. The first-order valence-electron chi connectivity index (χ1n) is 23.3. The van der Waals surface area contributed by atoms with Crippen LogP contribution in [0.3, 0.4) is 0 Å². The Kier molecular flexibility index (Phi) is 7.85. The predicted octanol–water partition coefficient (Wildman–Crippen LogP) is 16.4. The van der Waals surface area contributed by atoms with Crippen LogP contribution in [-0.4, -0.2) is 0 Å². The maximum absolute atomic E-state index is 2.70. The lowest BCUT2D eigenvalue weighted by molar-refractivity contribution is 0.363. The lowest BCUT2D eigenvalue weighted by Gasteiger charge is -2.53. The Labute approximate surface area is 376 Å². The van der Waals surface area contributed by atoms with Crippen LogP contribution in [0.1, 0.15) is 73.9 Å². The van der Waals surface area contributed by atoms with Gasteiger partial charge in [-0.05, 0) is 132 Å². The van der Waals surface area contributed by atoms with E-state index in [0.29, 0.717) is 0 Å². The first kappa shape index (κ1) is 37.4. The molecular formula is C62H50N2. The summed E-state index contributed by atoms with van der Waals surface area (Å²) in [6, 6.07) is 73.3. The Morgan fingerprint density at radius 1 is 0.391 bits per heavy atom. The summed E-state index contributed by atoms with van der Waals surface area (Å²) < 4.78 is 0. The molecule has 0 heterocycles. The lowest BCUT2D eigenvalue weighted by Crippen LogP contribution is -2.52. The summed E-state index contributed by atoms with van der Waals surface area (Å²) in [6.07, 6.45) is 2.95. The van der Waals surface area contributed by atoms with E-state index in [2.05, 4.69) is 232 Å². The van der Waals surface area contributed by atoms with Crippen molar-refractivity contribution in [2.75, 3.05) is 9.80 Å². The van der Waals surface area contributed by atoms with Gasteiger partial charge >= 0.3 is 0 Å². The van der Waals surface area contributed by atoms with Gasteiger partial charge in [0, 0.05) is 34.0 Å². The molecule has 10 aromatic rings. The number of rotatable bonds is 8. The fraction of sp³-hybridized carbons (Fsp3) is 0.161. The number of fused-ring (bicyclic) bond motifs is 11. The SMILES string of the molecule is CCC1(N(c2ccccc2)c2cc3ccccc3c3ccccc23)Cc2cc3c(cc21)C(C)(C)c1cc2c(cc1-3)C2(CC)N(c1ccccc1)c1cc2ccccc2c2ccccc12. The molecule has 3 aliphatic carbocycles. The van der Waals surface area contributed by atoms with Gasteiger partial charge in [0.25, 0.3) is 0 Å². The largest absolute Gasteiger partial charge is 0.330 e. The van der Waals surface area contributed by atoms with E-state index in [9.17, 15) is 0 Å². The highest BCUT2D eigenvalue weighted by Crippen LogP contribution is 2.65. The molecule has 2 unspecified atom stereocenters. The van der Waals surface area contributed by atoms with E-state index in [4.69, 9.17) is 0 Å². The van der Waals surface area contributed by atoms with Crippen LogP contribution in [0.2, 0.25) is 0 Å². The molecule has 0 fully saturated rings. The molecule has 0 radical (unpaired) electrons. The van der Waals surface area contributed by atoms with Crippen molar-refractivity contribution >= 4 is 65.8 Å². The van der Waals surface area contributed by atoms with Gasteiger partial charge in [-0.15, -0.1) is 0 Å². The summed E-state index contributed by atoms with van der Waals surface area (Å²) in [6.45, 7) is 9.72. The summed E-state index contributed by atoms with van der Waals surface area (Å²) in [7, 11) is 0. The average molecular weight is 823 g/mol. The fourth-order valence-electron chi connectivity index (χ4n) is 12.6. The molecule has 0 saturated heterocycles. The quantitative estimate of drug-likeness (QED) is 0.141. The number of anilines is 4. The second-order valence-electron chi connectivity index (χ2n) is 19.1. The number of nitrogens with zero attached hydrogens (tertiary/aromatic N) is 2. The van der Waals surface area contributed by atoms with Crippen molar-refractivity contribution in [3.05, 3.63) is 228 Å². The Balaban J connectivity index is 0.970. The van der Waals surface area contributed by atoms with Crippen molar-refractivity contribution in [3.63, 3.8) is 0 Å². The smallest absolute Gasteiger partial charge is 0.0960 e. The molecule has 308 valence electrons. The first-order chi connectivity index (χ1) is 31.4. The van der Waals surface area contributed by atoms with Gasteiger partial charge in [0.2, 0.25) is 0 Å². The highest BCUT2D eigenvalue weighted by Gasteiger charge is 2.57. The minimum absolute atomic E-state index is 0.174. The summed E-state index contributed by atoms with van der Waals surface area (Å²) >= 11 is 0. The van der Waals surface area contributed by atoms with Crippen LogP contribution in [0, 0.1) is 0 Å². The first-order valence-corrected chi connectivity index (χ1v) is 23.3. The monoisotopic (exact) mass is 822 g/mol. The molecule has 0 aliphatic heterocycles. The van der Waals surface area contributed by atoms with Crippen molar-refractivity contribution < 1.29 is 0 Å². The number of benzene rings is 10. The molecule has 13 rings (SSSR count). The summed E-state index contributed by atoms with van der Waals surface area (Å²) in [5.41, 5.74) is 15.9. The standard InChI is InChI=1S/C62H50N2/c1-5-61(63(43-23-9-7-10-24-43)58-34-40-21-13-15-27-45(40)47-29-17-19-31-49(47)58)39-42-33-51-52-36-56-57(38-55(52)60(3,4)54(51)37-53(42)61)62(56,6-2)64(44-25-11-8-12-26-44)59-35-41-22-14-16-28-46(41)48-30-18-20-32-50(48)59/h7-38H,5-6,39H2,1-4H3. The molecule has 0 bridgehead atoms. The molecule has 0 amide bonds. The van der Waals surface area contributed by atoms with Gasteiger partial charge < -0.3 is 9.80 Å². The van der Waals surface area contributed by atoms with Gasteiger partial charge in [-0.2, -0.15) is 0 Å². The Bertz CT molecular complexity index is 3550. The predicted molar refractivity (Wildman–Crippen MR) is 271 cm³/mol. The summed E-state index contributed by atoms with van der Waals surface area (Å²) in [5, 5.41) is 10.3. The van der Waals surface area contributed by atoms with Crippen LogP contribution in [-0.2, 0) is 22.9 Å². The molecule has 2 atom stereocenters. The molecule has 0 N–H and O–H groups in total. The minimum atomic E-state index is -0.261. The fourth-order valence-corrected chi connectivity index (χ4v) is 12.6. The van der Waals surface area contributed by atoms with Crippen molar-refractivity contribution in [2.45, 2.75) is 63.5 Å². The Morgan fingerprint density at radius 2 is 0.828 bits per heavy atom. The van der Waals surface area contributed by atoms with Crippen molar-refractivity contribution in [1.82, 2.24) is 0 Å².